The molecule has 0 saturated carbocycles. The Labute approximate surface area is 122 Å². The van der Waals surface area contributed by atoms with E-state index >= 15 is 0 Å². The van der Waals surface area contributed by atoms with Crippen LogP contribution in [0.25, 0.3) is 0 Å². The fraction of sp³-hybridized carbons (Fsp3) is 0.692. The lowest BCUT2D eigenvalue weighted by molar-refractivity contribution is -0.170. The summed E-state index contributed by atoms with van der Waals surface area (Å²) in [6, 6.07) is 0. The molecule has 0 aliphatic carbocycles. The molecular weight excluding hydrogens is 280 g/mol. The normalized spacial score (nSPS) is 10.0. The molecule has 8 heteroatoms. The number of rotatable bonds is 10. The van der Waals surface area contributed by atoms with Crippen LogP contribution in [0, 0.1) is 5.41 Å². The fourth-order valence-electron chi connectivity index (χ4n) is 2.02. The molecule has 0 atom stereocenters. The van der Waals surface area contributed by atoms with E-state index in [9.17, 15) is 19.2 Å². The first kappa shape index (κ1) is 18.7. The molecule has 0 aromatic carbocycles. The molecule has 116 valence electrons. The maximum absolute atomic E-state index is 12.0. The highest BCUT2D eigenvalue weighted by atomic mass is 16.5. The molecule has 0 bridgehead atoms. The highest BCUT2D eigenvalue weighted by molar-refractivity contribution is 5.99. The van der Waals surface area contributed by atoms with Gasteiger partial charge in [0.2, 0.25) is 12.2 Å². The summed E-state index contributed by atoms with van der Waals surface area (Å²) in [5.41, 5.74) is -1.49. The predicted molar refractivity (Wildman–Crippen MR) is 70.9 cm³/mol. The second-order valence-corrected chi connectivity index (χ2v) is 4.22. The maximum Gasteiger partial charge on any atom is 0.323 e. The van der Waals surface area contributed by atoms with Crippen LogP contribution in [0.4, 0.5) is 0 Å². The summed E-state index contributed by atoms with van der Waals surface area (Å²) in [6.45, 7) is 0.289. The van der Waals surface area contributed by atoms with Crippen LogP contribution >= 0.6 is 0 Å². The number of esters is 2. The molecule has 0 amide bonds. The average Bonchev–Trinajstić information content (AvgIpc) is 2.52. The molecule has 0 N–H and O–H groups in total. The number of hydrogen-bond acceptors (Lipinski definition) is 8. The van der Waals surface area contributed by atoms with Crippen LogP contribution in [-0.4, -0.2) is 51.4 Å². The Bertz CT molecular complexity index is 408. The lowest BCUT2D eigenvalue weighted by atomic mass is 9.78. The van der Waals surface area contributed by atoms with E-state index in [-0.39, 0.29) is 25.9 Å². The molecule has 21 heavy (non-hydrogen) atoms. The third kappa shape index (κ3) is 5.69. The minimum Gasteiger partial charge on any atom is -0.468 e. The molecule has 0 heterocycles. The van der Waals surface area contributed by atoms with Gasteiger partial charge < -0.3 is 9.47 Å². The van der Waals surface area contributed by atoms with E-state index in [0.29, 0.717) is 12.8 Å². The first-order chi connectivity index (χ1) is 10.1. The summed E-state index contributed by atoms with van der Waals surface area (Å²) < 4.78 is 9.39. The van der Waals surface area contributed by atoms with Crippen molar-refractivity contribution in [3.8, 4) is 0 Å². The van der Waals surface area contributed by atoms with Crippen molar-refractivity contribution in [1.29, 1.82) is 0 Å². The van der Waals surface area contributed by atoms with Gasteiger partial charge in [-0.3, -0.25) is 9.59 Å². The van der Waals surface area contributed by atoms with E-state index in [4.69, 9.17) is 9.47 Å². The van der Waals surface area contributed by atoms with Crippen LogP contribution in [-0.2, 0) is 28.7 Å². The molecule has 0 aromatic rings. The fourth-order valence-corrected chi connectivity index (χ4v) is 2.02. The number of ether oxygens (including phenoxy) is 2. The molecule has 0 unspecified atom stereocenters. The largest absolute Gasteiger partial charge is 0.468 e. The summed E-state index contributed by atoms with van der Waals surface area (Å²) in [7, 11) is 2.35. The summed E-state index contributed by atoms with van der Waals surface area (Å²) >= 11 is 0. The zero-order chi connectivity index (χ0) is 16.1. The van der Waals surface area contributed by atoms with Gasteiger partial charge in [-0.2, -0.15) is 0 Å². The van der Waals surface area contributed by atoms with Gasteiger partial charge in [0.25, 0.3) is 0 Å². The lowest BCUT2D eigenvalue weighted by Gasteiger charge is -2.27. The van der Waals surface area contributed by atoms with Crippen LogP contribution in [0.2, 0.25) is 0 Å². The van der Waals surface area contributed by atoms with Crippen molar-refractivity contribution < 1.29 is 28.7 Å². The van der Waals surface area contributed by atoms with Crippen LogP contribution in [0.15, 0.2) is 9.98 Å². The molecule has 0 aromatic heterocycles. The second kappa shape index (κ2) is 10.5. The molecule has 0 spiro atoms. The van der Waals surface area contributed by atoms with Crippen molar-refractivity contribution in [2.24, 2.45) is 15.4 Å². The Morgan fingerprint density at radius 2 is 1.29 bits per heavy atom. The Hall–Kier alpha value is -2.30. The molecule has 0 aliphatic rings. The van der Waals surface area contributed by atoms with E-state index in [1.807, 2.05) is 0 Å². The molecular formula is C13H18N2O6. The van der Waals surface area contributed by atoms with Crippen LogP contribution in [0.5, 0.6) is 0 Å². The highest BCUT2D eigenvalue weighted by Gasteiger charge is 2.47. The van der Waals surface area contributed by atoms with Crippen LogP contribution in [0.3, 0.4) is 0 Å². The molecule has 0 fully saturated rings. The quantitative estimate of drug-likeness (QED) is 0.191. The second-order valence-electron chi connectivity index (χ2n) is 4.22. The van der Waals surface area contributed by atoms with E-state index in [0.717, 1.165) is 0 Å². The summed E-state index contributed by atoms with van der Waals surface area (Å²) in [5.74, 6) is -1.45. The smallest absolute Gasteiger partial charge is 0.323 e. The van der Waals surface area contributed by atoms with Gasteiger partial charge in [0.15, 0.2) is 5.41 Å². The number of methoxy groups -OCH3 is 2. The van der Waals surface area contributed by atoms with Gasteiger partial charge in [0.1, 0.15) is 0 Å². The summed E-state index contributed by atoms with van der Waals surface area (Å²) in [4.78, 5) is 50.9. The van der Waals surface area contributed by atoms with Gasteiger partial charge in [0.05, 0.1) is 27.3 Å². The number of isocyanates is 2. The van der Waals surface area contributed by atoms with Gasteiger partial charge in [0, 0.05) is 0 Å². The SMILES string of the molecule is COC(=O)C(CCCN=C=O)(CCCN=C=O)C(=O)OC. The van der Waals surface area contributed by atoms with Crippen molar-refractivity contribution >= 4 is 24.1 Å². The molecule has 0 aliphatic heterocycles. The number of nitrogens with zero attached hydrogens (tertiary/aromatic N) is 2. The third-order valence-electron chi connectivity index (χ3n) is 3.03. The Morgan fingerprint density at radius 3 is 1.57 bits per heavy atom. The van der Waals surface area contributed by atoms with Gasteiger partial charge in [-0.1, -0.05) is 0 Å². The van der Waals surface area contributed by atoms with Gasteiger partial charge in [-0.25, -0.2) is 19.6 Å². The van der Waals surface area contributed by atoms with Gasteiger partial charge in [-0.15, -0.1) is 0 Å². The zero-order valence-corrected chi connectivity index (χ0v) is 12.1. The maximum atomic E-state index is 12.0. The minimum absolute atomic E-state index is 0.113. The third-order valence-corrected chi connectivity index (χ3v) is 3.03. The molecule has 0 saturated heterocycles. The van der Waals surface area contributed by atoms with Crippen molar-refractivity contribution in [3.05, 3.63) is 0 Å². The average molecular weight is 298 g/mol. The van der Waals surface area contributed by atoms with E-state index in [1.165, 1.54) is 26.4 Å². The monoisotopic (exact) mass is 298 g/mol. The number of carbonyl (C=O) groups excluding carboxylic acids is 4. The number of aliphatic imine (C=N–C) groups is 2. The Morgan fingerprint density at radius 1 is 0.905 bits per heavy atom. The van der Waals surface area contributed by atoms with Crippen molar-refractivity contribution in [3.63, 3.8) is 0 Å². The first-order valence-corrected chi connectivity index (χ1v) is 6.33. The zero-order valence-electron chi connectivity index (χ0n) is 12.1. The predicted octanol–water partition coefficient (Wildman–Crippen LogP) is 0.551. The Balaban J connectivity index is 5.11. The Kier molecular flexibility index (Phi) is 9.33. The highest BCUT2D eigenvalue weighted by Crippen LogP contribution is 2.33. The van der Waals surface area contributed by atoms with E-state index in [2.05, 4.69) is 9.98 Å². The lowest BCUT2D eigenvalue weighted by Crippen LogP contribution is -2.41. The van der Waals surface area contributed by atoms with E-state index in [1.54, 1.807) is 0 Å². The molecule has 0 rings (SSSR count). The van der Waals surface area contributed by atoms with Crippen molar-refractivity contribution in [1.82, 2.24) is 0 Å². The molecule has 8 nitrogen and oxygen atoms in total. The van der Waals surface area contributed by atoms with Crippen molar-refractivity contribution in [2.75, 3.05) is 27.3 Å². The van der Waals surface area contributed by atoms with Crippen LogP contribution in [0.1, 0.15) is 25.7 Å². The minimum atomic E-state index is -1.49. The first-order valence-electron chi connectivity index (χ1n) is 6.33. The number of carbonyl (C=O) groups is 2. The molecule has 0 radical (unpaired) electrons. The summed E-state index contributed by atoms with van der Waals surface area (Å²) in [6.07, 6.45) is 3.63. The van der Waals surface area contributed by atoms with E-state index < -0.39 is 17.4 Å². The van der Waals surface area contributed by atoms with Crippen molar-refractivity contribution in [2.45, 2.75) is 25.7 Å². The summed E-state index contributed by atoms with van der Waals surface area (Å²) in [5, 5.41) is 0. The van der Waals surface area contributed by atoms with Crippen LogP contribution < -0.4 is 0 Å². The van der Waals surface area contributed by atoms with Gasteiger partial charge in [-0.05, 0) is 25.7 Å². The van der Waals surface area contributed by atoms with Gasteiger partial charge >= 0.3 is 11.9 Å². The standard InChI is InChI=1S/C13H18N2O6/c1-20-11(18)13(12(19)21-2,5-3-7-14-9-16)6-4-8-15-10-17/h3-8H2,1-2H3. The topological polar surface area (TPSA) is 111 Å². The number of hydrogen-bond donors (Lipinski definition) is 0.